The molecule has 4 aromatic rings. The number of carbonyl (C=O) groups is 1. The zero-order valence-corrected chi connectivity index (χ0v) is 24.6. The summed E-state index contributed by atoms with van der Waals surface area (Å²) in [6.07, 6.45) is -4.14. The molecule has 0 bridgehead atoms. The molecule has 0 N–H and O–H groups in total. The molecule has 1 saturated heterocycles. The average Bonchev–Trinajstić information content (AvgIpc) is 3.01. The predicted octanol–water partition coefficient (Wildman–Crippen LogP) is 7.10. The Bertz CT molecular complexity index is 1700. The summed E-state index contributed by atoms with van der Waals surface area (Å²) in [7, 11) is 0. The summed E-state index contributed by atoms with van der Waals surface area (Å²) in [5.74, 6) is -4.69. The number of amides is 1. The Labute approximate surface area is 261 Å². The van der Waals surface area contributed by atoms with Crippen molar-refractivity contribution >= 4 is 5.91 Å². The Balaban J connectivity index is 0.000000351. The first-order chi connectivity index (χ1) is 22.0. The van der Waals surface area contributed by atoms with Crippen molar-refractivity contribution in [2.45, 2.75) is 45.1 Å². The van der Waals surface area contributed by atoms with Gasteiger partial charge in [-0.15, -0.1) is 0 Å². The van der Waals surface area contributed by atoms with Gasteiger partial charge in [0.25, 0.3) is 5.91 Å². The highest BCUT2D eigenvalue weighted by Gasteiger charge is 2.35. The lowest BCUT2D eigenvalue weighted by Crippen LogP contribution is -2.49. The fourth-order valence-corrected chi connectivity index (χ4v) is 4.54. The summed E-state index contributed by atoms with van der Waals surface area (Å²) in [6.45, 7) is 4.07. The molecule has 8 nitrogen and oxygen atoms in total. The topological polar surface area (TPSA) is 94.0 Å². The smallest absolute Gasteiger partial charge is 0.417 e. The summed E-state index contributed by atoms with van der Waals surface area (Å²) < 4.78 is 118. The standard InChI is InChI=1S/C24H23F4N5O2.C6H2F5N/c1-14-4-6-17(13-35-22-19(25)10-16(11-31-22)24(26,27)28)33(12-14)23(34)20-18(7-5-15(2)32-20)21-29-8-3-9-30-21;7-4-1-3(6(9,10)11)2-12-5(4)8/h3,5,7-11,14,17H,4,6,12-13H2,1-2H3;1-2H/t14-,17-;/m0./s1. The number of nitrogens with zero attached hydrogens (tertiary/aromatic N) is 6. The van der Waals surface area contributed by atoms with E-state index in [1.54, 1.807) is 42.4 Å². The number of alkyl halides is 6. The van der Waals surface area contributed by atoms with Gasteiger partial charge in [-0.05, 0) is 56.0 Å². The molecule has 47 heavy (non-hydrogen) atoms. The van der Waals surface area contributed by atoms with Crippen molar-refractivity contribution in [3.8, 4) is 17.3 Å². The number of aryl methyl sites for hydroxylation is 1. The van der Waals surface area contributed by atoms with Crippen LogP contribution in [0, 0.1) is 30.4 Å². The van der Waals surface area contributed by atoms with Crippen LogP contribution in [0.25, 0.3) is 11.4 Å². The summed E-state index contributed by atoms with van der Waals surface area (Å²) in [5.41, 5.74) is -1.20. The Morgan fingerprint density at radius 3 is 2.11 bits per heavy atom. The monoisotopic (exact) mass is 672 g/mol. The van der Waals surface area contributed by atoms with E-state index in [4.69, 9.17) is 4.74 Å². The number of ether oxygens (including phenoxy) is 1. The SMILES string of the molecule is Cc1ccc(-c2ncccn2)c(C(=O)N2C[C@@H](C)CC[C@H]2COc2ncc(C(F)(F)F)cc2F)n1.Fc1cc(C(F)(F)F)cnc1F. The summed E-state index contributed by atoms with van der Waals surface area (Å²) in [6, 6.07) is 5.13. The minimum absolute atomic E-state index is 0.0579. The number of likely N-dealkylation sites (tertiary alicyclic amines) is 1. The molecule has 0 aromatic carbocycles. The Morgan fingerprint density at radius 1 is 0.894 bits per heavy atom. The van der Waals surface area contributed by atoms with Crippen molar-refractivity contribution in [2.24, 2.45) is 5.92 Å². The van der Waals surface area contributed by atoms with Crippen LogP contribution in [0.4, 0.5) is 39.5 Å². The lowest BCUT2D eigenvalue weighted by molar-refractivity contribution is -0.138. The van der Waals surface area contributed by atoms with Crippen molar-refractivity contribution in [1.29, 1.82) is 0 Å². The molecule has 0 aliphatic carbocycles. The average molecular weight is 673 g/mol. The van der Waals surface area contributed by atoms with E-state index in [0.717, 1.165) is 6.42 Å². The maximum absolute atomic E-state index is 14.2. The molecule has 5 heterocycles. The van der Waals surface area contributed by atoms with Gasteiger partial charge in [0.15, 0.2) is 17.5 Å². The van der Waals surface area contributed by atoms with Crippen LogP contribution < -0.4 is 4.74 Å². The van der Waals surface area contributed by atoms with Crippen molar-refractivity contribution in [1.82, 2.24) is 29.8 Å². The maximum Gasteiger partial charge on any atom is 0.417 e. The number of piperidine rings is 1. The second-order valence-electron chi connectivity index (χ2n) is 10.5. The van der Waals surface area contributed by atoms with Crippen molar-refractivity contribution in [2.75, 3.05) is 13.2 Å². The number of hydrogen-bond donors (Lipinski definition) is 0. The van der Waals surface area contributed by atoms with Gasteiger partial charge in [-0.25, -0.2) is 33.7 Å². The first-order valence-electron chi connectivity index (χ1n) is 13.8. The van der Waals surface area contributed by atoms with E-state index in [9.17, 15) is 44.3 Å². The van der Waals surface area contributed by atoms with Crippen LogP contribution in [-0.4, -0.2) is 54.9 Å². The number of pyridine rings is 3. The molecule has 250 valence electrons. The molecule has 1 amide bonds. The molecule has 1 aliphatic heterocycles. The fraction of sp³-hybridized carbons (Fsp3) is 0.333. The van der Waals surface area contributed by atoms with Crippen LogP contribution in [-0.2, 0) is 12.4 Å². The molecule has 0 saturated carbocycles. The third-order valence-electron chi connectivity index (χ3n) is 6.92. The van der Waals surface area contributed by atoms with E-state index in [-0.39, 0.29) is 36.4 Å². The van der Waals surface area contributed by atoms with E-state index < -0.39 is 53.0 Å². The lowest BCUT2D eigenvalue weighted by Gasteiger charge is -2.38. The number of carbonyl (C=O) groups excluding carboxylic acids is 1. The highest BCUT2D eigenvalue weighted by Crippen LogP contribution is 2.32. The molecular weight excluding hydrogens is 647 g/mol. The maximum atomic E-state index is 14.2. The zero-order chi connectivity index (χ0) is 34.5. The molecule has 1 fully saturated rings. The van der Waals surface area contributed by atoms with Gasteiger partial charge in [0.2, 0.25) is 11.8 Å². The molecule has 5 rings (SSSR count). The third-order valence-corrected chi connectivity index (χ3v) is 6.92. The van der Waals surface area contributed by atoms with Crippen LogP contribution in [0.15, 0.2) is 55.1 Å². The first-order valence-corrected chi connectivity index (χ1v) is 13.8. The largest absolute Gasteiger partial charge is 0.473 e. The second kappa shape index (κ2) is 14.3. The Morgan fingerprint density at radius 2 is 1.51 bits per heavy atom. The van der Waals surface area contributed by atoms with E-state index in [2.05, 4.69) is 24.9 Å². The van der Waals surface area contributed by atoms with Gasteiger partial charge in [-0.1, -0.05) is 6.92 Å². The minimum atomic E-state index is -4.71. The number of halogens is 9. The highest BCUT2D eigenvalue weighted by atomic mass is 19.4. The van der Waals surface area contributed by atoms with Gasteiger partial charge in [0.05, 0.1) is 22.7 Å². The normalized spacial score (nSPS) is 16.7. The summed E-state index contributed by atoms with van der Waals surface area (Å²) in [5, 5.41) is 0. The van der Waals surface area contributed by atoms with Gasteiger partial charge in [0, 0.05) is 37.0 Å². The van der Waals surface area contributed by atoms with Gasteiger partial charge in [0.1, 0.15) is 12.3 Å². The van der Waals surface area contributed by atoms with Gasteiger partial charge >= 0.3 is 12.4 Å². The van der Waals surface area contributed by atoms with Gasteiger partial charge < -0.3 is 9.64 Å². The van der Waals surface area contributed by atoms with E-state index in [0.29, 0.717) is 42.3 Å². The predicted molar refractivity (Wildman–Crippen MR) is 147 cm³/mol. The lowest BCUT2D eigenvalue weighted by atomic mass is 9.93. The zero-order valence-electron chi connectivity index (χ0n) is 24.6. The molecule has 1 aliphatic rings. The number of aromatic nitrogens is 5. The van der Waals surface area contributed by atoms with Crippen LogP contribution in [0.3, 0.4) is 0 Å². The minimum Gasteiger partial charge on any atom is -0.473 e. The molecular formula is C30H25F9N6O2. The molecule has 0 radical (unpaired) electrons. The molecule has 0 unspecified atom stereocenters. The molecule has 2 atom stereocenters. The van der Waals surface area contributed by atoms with E-state index >= 15 is 0 Å². The highest BCUT2D eigenvalue weighted by molar-refractivity contribution is 5.98. The third kappa shape index (κ3) is 8.92. The number of hydrogen-bond acceptors (Lipinski definition) is 7. The van der Waals surface area contributed by atoms with Crippen LogP contribution in [0.2, 0.25) is 0 Å². The number of rotatable bonds is 5. The molecule has 0 spiro atoms. The van der Waals surface area contributed by atoms with Crippen LogP contribution >= 0.6 is 0 Å². The van der Waals surface area contributed by atoms with Crippen LogP contribution in [0.1, 0.15) is 47.1 Å². The molecule has 17 heteroatoms. The second-order valence-corrected chi connectivity index (χ2v) is 10.5. The Hall–Kier alpha value is -4.83. The van der Waals surface area contributed by atoms with Crippen molar-refractivity contribution < 1.29 is 49.0 Å². The van der Waals surface area contributed by atoms with E-state index in [1.165, 1.54) is 0 Å². The summed E-state index contributed by atoms with van der Waals surface area (Å²) >= 11 is 0. The van der Waals surface area contributed by atoms with E-state index in [1.807, 2.05) is 6.92 Å². The van der Waals surface area contributed by atoms with Crippen molar-refractivity contribution in [3.63, 3.8) is 0 Å². The van der Waals surface area contributed by atoms with Crippen molar-refractivity contribution in [3.05, 3.63) is 95.2 Å². The first kappa shape index (κ1) is 35.0. The quantitative estimate of drug-likeness (QED) is 0.165. The Kier molecular flexibility index (Phi) is 10.7. The molecule has 4 aromatic heterocycles. The summed E-state index contributed by atoms with van der Waals surface area (Å²) in [4.78, 5) is 34.3. The van der Waals surface area contributed by atoms with Gasteiger partial charge in [-0.3, -0.25) is 4.79 Å². The fourth-order valence-electron chi connectivity index (χ4n) is 4.54. The van der Waals surface area contributed by atoms with Crippen LogP contribution in [0.5, 0.6) is 5.88 Å². The van der Waals surface area contributed by atoms with Gasteiger partial charge in [-0.2, -0.15) is 30.7 Å².